The SMILES string of the molecule is CCc1ccc(NC(=O)[C@@H]2CCCN2C(=O)[C@H](CO)NC(=O)[C@H](CO)NC(=O)CCN2C(=O)C=CC2=O)cc1. The minimum Gasteiger partial charge on any atom is -0.394 e. The number of carbonyl (C=O) groups excluding carboxylic acids is 6. The van der Waals surface area contributed by atoms with Crippen LogP contribution in [0.25, 0.3) is 0 Å². The van der Waals surface area contributed by atoms with Crippen molar-refractivity contribution >= 4 is 41.1 Å². The van der Waals surface area contributed by atoms with Gasteiger partial charge in [0, 0.05) is 37.3 Å². The molecule has 1 aromatic carbocycles. The quantitative estimate of drug-likeness (QED) is 0.196. The Balaban J connectivity index is 1.55. The Bertz CT molecular complexity index is 1120. The number of hydrogen-bond donors (Lipinski definition) is 5. The number of benzene rings is 1. The number of hydrogen-bond acceptors (Lipinski definition) is 8. The van der Waals surface area contributed by atoms with Gasteiger partial charge in [0.05, 0.1) is 13.2 Å². The second kappa shape index (κ2) is 13.6. The van der Waals surface area contributed by atoms with Crippen molar-refractivity contribution < 1.29 is 39.0 Å². The normalized spacial score (nSPS) is 18.2. The van der Waals surface area contributed by atoms with Crippen molar-refractivity contribution in [2.75, 3.05) is 31.6 Å². The summed E-state index contributed by atoms with van der Waals surface area (Å²) in [6.07, 6.45) is 3.66. The molecule has 2 aliphatic heterocycles. The third-order valence-electron chi connectivity index (χ3n) is 6.56. The topological polar surface area (TPSA) is 185 Å². The number of aryl methyl sites for hydroxylation is 1. The number of likely N-dealkylation sites (tertiary alicyclic amines) is 1. The molecule has 2 aliphatic rings. The predicted octanol–water partition coefficient (Wildman–Crippen LogP) is -1.55. The molecule has 39 heavy (non-hydrogen) atoms. The molecule has 1 fully saturated rings. The average Bonchev–Trinajstić information content (AvgIpc) is 3.55. The standard InChI is InChI=1S/C26H33N5O8/c1-2-16-5-7-17(8-6-16)27-25(38)20-4-3-12-30(20)26(39)19(15-33)29-24(37)18(14-32)28-21(34)11-13-31-22(35)9-10-23(31)36/h5-10,18-20,32-33H,2-4,11-15H2,1H3,(H,27,38)(H,28,34)(H,29,37)/t18-,19-,20-/m0/s1. The summed E-state index contributed by atoms with van der Waals surface area (Å²) in [4.78, 5) is 76.3. The second-order valence-corrected chi connectivity index (χ2v) is 9.19. The van der Waals surface area contributed by atoms with Crippen LogP contribution in [0.15, 0.2) is 36.4 Å². The largest absolute Gasteiger partial charge is 0.394 e. The predicted molar refractivity (Wildman–Crippen MR) is 138 cm³/mol. The lowest BCUT2D eigenvalue weighted by atomic mass is 10.1. The van der Waals surface area contributed by atoms with E-state index in [2.05, 4.69) is 16.0 Å². The number of anilines is 1. The van der Waals surface area contributed by atoms with E-state index in [0.717, 1.165) is 29.0 Å². The second-order valence-electron chi connectivity index (χ2n) is 9.19. The first-order valence-electron chi connectivity index (χ1n) is 12.7. The summed E-state index contributed by atoms with van der Waals surface area (Å²) in [5, 5.41) is 26.8. The molecule has 3 rings (SSSR count). The number of aliphatic hydroxyl groups is 2. The Labute approximate surface area is 225 Å². The van der Waals surface area contributed by atoms with Crippen LogP contribution in [0.2, 0.25) is 0 Å². The van der Waals surface area contributed by atoms with Gasteiger partial charge in [0.1, 0.15) is 18.1 Å². The molecule has 1 saturated heterocycles. The number of amides is 6. The minimum atomic E-state index is -1.45. The van der Waals surface area contributed by atoms with Gasteiger partial charge in [-0.2, -0.15) is 0 Å². The molecule has 0 saturated carbocycles. The molecule has 0 bridgehead atoms. The van der Waals surface area contributed by atoms with E-state index in [1.54, 1.807) is 12.1 Å². The minimum absolute atomic E-state index is 0.213. The van der Waals surface area contributed by atoms with Crippen molar-refractivity contribution in [1.29, 1.82) is 0 Å². The summed E-state index contributed by atoms with van der Waals surface area (Å²) < 4.78 is 0. The van der Waals surface area contributed by atoms with Crippen LogP contribution in [-0.2, 0) is 35.2 Å². The maximum absolute atomic E-state index is 13.2. The van der Waals surface area contributed by atoms with E-state index in [9.17, 15) is 39.0 Å². The van der Waals surface area contributed by atoms with Crippen LogP contribution in [0.1, 0.15) is 31.7 Å². The first kappa shape index (κ1) is 29.5. The molecule has 0 aromatic heterocycles. The molecule has 6 amide bonds. The molecule has 5 N–H and O–H groups in total. The van der Waals surface area contributed by atoms with Crippen molar-refractivity contribution in [3.63, 3.8) is 0 Å². The molecule has 210 valence electrons. The highest BCUT2D eigenvalue weighted by atomic mass is 16.3. The van der Waals surface area contributed by atoms with E-state index in [0.29, 0.717) is 18.5 Å². The summed E-state index contributed by atoms with van der Waals surface area (Å²) in [5.41, 5.74) is 1.69. The molecule has 0 aliphatic carbocycles. The molecule has 13 heteroatoms. The summed E-state index contributed by atoms with van der Waals surface area (Å²) >= 11 is 0. The van der Waals surface area contributed by atoms with Gasteiger partial charge in [-0.1, -0.05) is 19.1 Å². The Morgan fingerprint density at radius 1 is 0.974 bits per heavy atom. The number of nitrogens with zero attached hydrogens (tertiary/aromatic N) is 2. The Kier molecular flexibility index (Phi) is 10.3. The van der Waals surface area contributed by atoms with E-state index in [4.69, 9.17) is 0 Å². The van der Waals surface area contributed by atoms with Gasteiger partial charge < -0.3 is 31.1 Å². The molecule has 13 nitrogen and oxygen atoms in total. The van der Waals surface area contributed by atoms with Gasteiger partial charge in [0.2, 0.25) is 23.6 Å². The number of imide groups is 1. The molecule has 0 spiro atoms. The monoisotopic (exact) mass is 543 g/mol. The van der Waals surface area contributed by atoms with Gasteiger partial charge in [0.25, 0.3) is 11.8 Å². The number of carbonyl (C=O) groups is 6. The van der Waals surface area contributed by atoms with Crippen LogP contribution in [-0.4, -0.2) is 99.9 Å². The Morgan fingerprint density at radius 3 is 2.21 bits per heavy atom. The number of rotatable bonds is 12. The maximum atomic E-state index is 13.2. The van der Waals surface area contributed by atoms with Crippen molar-refractivity contribution in [3.05, 3.63) is 42.0 Å². The van der Waals surface area contributed by atoms with Gasteiger partial charge in [0.15, 0.2) is 0 Å². The van der Waals surface area contributed by atoms with Gasteiger partial charge >= 0.3 is 0 Å². The van der Waals surface area contributed by atoms with Gasteiger partial charge in [-0.05, 0) is 37.0 Å². The molecule has 1 aromatic rings. The van der Waals surface area contributed by atoms with E-state index < -0.39 is 66.8 Å². The third kappa shape index (κ3) is 7.48. The highest BCUT2D eigenvalue weighted by Crippen LogP contribution is 2.21. The fourth-order valence-corrected chi connectivity index (χ4v) is 4.34. The zero-order valence-electron chi connectivity index (χ0n) is 21.6. The first-order chi connectivity index (χ1) is 18.7. The maximum Gasteiger partial charge on any atom is 0.253 e. The summed E-state index contributed by atoms with van der Waals surface area (Å²) in [5.74, 6) is -3.82. The molecule has 0 unspecified atom stereocenters. The van der Waals surface area contributed by atoms with E-state index in [1.165, 1.54) is 4.90 Å². The third-order valence-corrected chi connectivity index (χ3v) is 6.56. The average molecular weight is 544 g/mol. The van der Waals surface area contributed by atoms with Crippen molar-refractivity contribution in [2.24, 2.45) is 0 Å². The molecule has 2 heterocycles. The van der Waals surface area contributed by atoms with E-state index >= 15 is 0 Å². The summed E-state index contributed by atoms with van der Waals surface area (Å²) in [6, 6.07) is 3.67. The lowest BCUT2D eigenvalue weighted by Crippen LogP contribution is -2.58. The highest BCUT2D eigenvalue weighted by Gasteiger charge is 2.38. The zero-order valence-corrected chi connectivity index (χ0v) is 21.6. The van der Waals surface area contributed by atoms with Crippen LogP contribution in [0.3, 0.4) is 0 Å². The molecular formula is C26H33N5O8. The van der Waals surface area contributed by atoms with Crippen molar-refractivity contribution in [3.8, 4) is 0 Å². The fourth-order valence-electron chi connectivity index (χ4n) is 4.34. The van der Waals surface area contributed by atoms with E-state index in [-0.39, 0.29) is 19.5 Å². The number of nitrogens with one attached hydrogen (secondary N) is 3. The van der Waals surface area contributed by atoms with Crippen LogP contribution in [0.5, 0.6) is 0 Å². The van der Waals surface area contributed by atoms with Crippen LogP contribution in [0.4, 0.5) is 5.69 Å². The smallest absolute Gasteiger partial charge is 0.253 e. The molecular weight excluding hydrogens is 510 g/mol. The lowest BCUT2D eigenvalue weighted by molar-refractivity contribution is -0.141. The van der Waals surface area contributed by atoms with Crippen molar-refractivity contribution in [2.45, 2.75) is 50.7 Å². The van der Waals surface area contributed by atoms with Gasteiger partial charge in [-0.25, -0.2) is 0 Å². The zero-order chi connectivity index (χ0) is 28.5. The van der Waals surface area contributed by atoms with Crippen LogP contribution in [0, 0.1) is 0 Å². The van der Waals surface area contributed by atoms with E-state index in [1.807, 2.05) is 19.1 Å². The Hall–Kier alpha value is -4.10. The Morgan fingerprint density at radius 2 is 1.62 bits per heavy atom. The molecule has 0 radical (unpaired) electrons. The van der Waals surface area contributed by atoms with Crippen LogP contribution >= 0.6 is 0 Å². The first-order valence-corrected chi connectivity index (χ1v) is 12.7. The van der Waals surface area contributed by atoms with Crippen LogP contribution < -0.4 is 16.0 Å². The highest BCUT2D eigenvalue weighted by molar-refractivity contribution is 6.13. The van der Waals surface area contributed by atoms with Gasteiger partial charge in [-0.15, -0.1) is 0 Å². The molecule has 3 atom stereocenters. The fraction of sp³-hybridized carbons (Fsp3) is 0.462. The number of aliphatic hydroxyl groups excluding tert-OH is 2. The van der Waals surface area contributed by atoms with Gasteiger partial charge in [-0.3, -0.25) is 33.7 Å². The van der Waals surface area contributed by atoms with Crippen molar-refractivity contribution in [1.82, 2.24) is 20.4 Å². The lowest BCUT2D eigenvalue weighted by Gasteiger charge is -2.28. The summed E-state index contributed by atoms with van der Waals surface area (Å²) in [7, 11) is 0. The summed E-state index contributed by atoms with van der Waals surface area (Å²) in [6.45, 7) is 0.476.